The van der Waals surface area contributed by atoms with Crippen molar-refractivity contribution >= 4 is 41.3 Å². The van der Waals surface area contributed by atoms with Crippen LogP contribution < -0.4 is 15.4 Å². The van der Waals surface area contributed by atoms with Crippen molar-refractivity contribution in [3.8, 4) is 5.75 Å². The zero-order valence-electron chi connectivity index (χ0n) is 18.7. The molecule has 0 spiro atoms. The third-order valence-corrected chi connectivity index (χ3v) is 6.48. The minimum Gasteiger partial charge on any atom is -0.492 e. The van der Waals surface area contributed by atoms with Gasteiger partial charge in [0, 0.05) is 50.1 Å². The van der Waals surface area contributed by atoms with E-state index in [-0.39, 0.29) is 29.4 Å². The maximum absolute atomic E-state index is 5.96. The van der Waals surface area contributed by atoms with Crippen LogP contribution in [0.2, 0.25) is 0 Å². The molecule has 0 amide bonds. The molecule has 31 heavy (non-hydrogen) atoms. The maximum Gasteiger partial charge on any atom is 0.191 e. The van der Waals surface area contributed by atoms with Crippen LogP contribution in [0.4, 0.5) is 0 Å². The Morgan fingerprint density at radius 1 is 1.19 bits per heavy atom. The molecular weight excluding hydrogens is 523 g/mol. The summed E-state index contributed by atoms with van der Waals surface area (Å²) in [6, 6.07) is 12.5. The lowest BCUT2D eigenvalue weighted by atomic mass is 9.91. The average molecular weight is 559 g/mol. The largest absolute Gasteiger partial charge is 0.492 e. The highest BCUT2D eigenvalue weighted by atomic mass is 127. The third kappa shape index (κ3) is 8.59. The van der Waals surface area contributed by atoms with Crippen molar-refractivity contribution < 1.29 is 9.47 Å². The molecule has 3 rings (SSSR count). The molecule has 1 saturated heterocycles. The molecule has 2 aromatic rings. The van der Waals surface area contributed by atoms with E-state index >= 15 is 0 Å². The van der Waals surface area contributed by atoms with Gasteiger partial charge in [-0.15, -0.1) is 35.3 Å². The number of nitrogens with zero attached hydrogens (tertiary/aromatic N) is 2. The van der Waals surface area contributed by atoms with Crippen molar-refractivity contribution in [3.05, 3.63) is 52.2 Å². The number of benzene rings is 1. The monoisotopic (exact) mass is 558 g/mol. The highest BCUT2D eigenvalue weighted by Gasteiger charge is 2.21. The van der Waals surface area contributed by atoms with E-state index in [1.54, 1.807) is 18.4 Å². The number of hydrogen-bond acceptors (Lipinski definition) is 5. The molecule has 0 saturated carbocycles. The minimum absolute atomic E-state index is 0. The number of halogens is 1. The lowest BCUT2D eigenvalue weighted by Gasteiger charge is -2.26. The molecule has 0 bridgehead atoms. The first kappa shape index (κ1) is 25.9. The smallest absolute Gasteiger partial charge is 0.191 e. The SMILES string of the molecule is CN=C(NCc1cccc(OCCN2CCOCC2)c1)NCC(C)(C)c1cccs1.I. The van der Waals surface area contributed by atoms with Crippen molar-refractivity contribution in [2.24, 2.45) is 4.99 Å². The van der Waals surface area contributed by atoms with Crippen LogP contribution in [-0.4, -0.2) is 63.9 Å². The van der Waals surface area contributed by atoms with Gasteiger partial charge in [0.05, 0.1) is 13.2 Å². The molecule has 1 aliphatic rings. The Morgan fingerprint density at radius 2 is 2.00 bits per heavy atom. The van der Waals surface area contributed by atoms with Gasteiger partial charge in [0.1, 0.15) is 12.4 Å². The van der Waals surface area contributed by atoms with E-state index in [4.69, 9.17) is 9.47 Å². The van der Waals surface area contributed by atoms with Gasteiger partial charge in [-0.05, 0) is 29.1 Å². The van der Waals surface area contributed by atoms with Crippen LogP contribution in [0.15, 0.2) is 46.8 Å². The molecule has 0 atom stereocenters. The van der Waals surface area contributed by atoms with Crippen molar-refractivity contribution in [2.45, 2.75) is 25.8 Å². The Morgan fingerprint density at radius 3 is 2.71 bits per heavy atom. The lowest BCUT2D eigenvalue weighted by molar-refractivity contribution is 0.0322. The van der Waals surface area contributed by atoms with E-state index in [1.807, 2.05) is 12.1 Å². The van der Waals surface area contributed by atoms with Crippen LogP contribution in [0.5, 0.6) is 5.75 Å². The standard InChI is InChI=1S/C23H34N4O2S.HI/c1-23(2,21-8-5-15-30-21)18-26-22(24-3)25-17-19-6-4-7-20(16-19)29-14-11-27-9-12-28-13-10-27;/h4-8,15-16H,9-14,17-18H2,1-3H3,(H2,24,25,26);1H. The van der Waals surface area contributed by atoms with Crippen LogP contribution in [0.25, 0.3) is 0 Å². The van der Waals surface area contributed by atoms with Gasteiger partial charge in [-0.1, -0.05) is 32.0 Å². The molecule has 1 aliphatic heterocycles. The second kappa shape index (κ2) is 13.2. The quantitative estimate of drug-likeness (QED) is 0.279. The van der Waals surface area contributed by atoms with Crippen LogP contribution in [0.1, 0.15) is 24.3 Å². The highest BCUT2D eigenvalue weighted by molar-refractivity contribution is 14.0. The van der Waals surface area contributed by atoms with E-state index in [2.05, 4.69) is 64.0 Å². The second-order valence-corrected chi connectivity index (χ2v) is 9.04. The number of guanidine groups is 1. The van der Waals surface area contributed by atoms with E-state index in [0.29, 0.717) is 13.2 Å². The topological polar surface area (TPSA) is 58.1 Å². The van der Waals surface area contributed by atoms with Gasteiger partial charge < -0.3 is 20.1 Å². The lowest BCUT2D eigenvalue weighted by Crippen LogP contribution is -2.42. The Bertz CT molecular complexity index is 793. The van der Waals surface area contributed by atoms with Crippen LogP contribution in [0, 0.1) is 0 Å². The fourth-order valence-electron chi connectivity index (χ4n) is 3.32. The molecule has 2 N–H and O–H groups in total. The Labute approximate surface area is 207 Å². The predicted octanol–water partition coefficient (Wildman–Crippen LogP) is 3.72. The van der Waals surface area contributed by atoms with E-state index in [0.717, 1.165) is 51.1 Å². The summed E-state index contributed by atoms with van der Waals surface area (Å²) in [6.07, 6.45) is 0. The summed E-state index contributed by atoms with van der Waals surface area (Å²) in [5.74, 6) is 1.71. The minimum atomic E-state index is 0. The Hall–Kier alpha value is -1.36. The number of ether oxygens (including phenoxy) is 2. The summed E-state index contributed by atoms with van der Waals surface area (Å²) in [7, 11) is 1.80. The van der Waals surface area contributed by atoms with E-state index in [1.165, 1.54) is 10.4 Å². The normalized spacial score (nSPS) is 15.3. The molecule has 1 aromatic heterocycles. The molecule has 0 aliphatic carbocycles. The number of hydrogen-bond donors (Lipinski definition) is 2. The van der Waals surface area contributed by atoms with Crippen LogP contribution in [0.3, 0.4) is 0 Å². The van der Waals surface area contributed by atoms with E-state index < -0.39 is 0 Å². The number of rotatable bonds is 9. The second-order valence-electron chi connectivity index (χ2n) is 8.09. The van der Waals surface area contributed by atoms with Gasteiger partial charge in [0.2, 0.25) is 0 Å². The number of thiophene rings is 1. The molecule has 1 fully saturated rings. The number of aliphatic imine (C=N–C) groups is 1. The van der Waals surface area contributed by atoms with Gasteiger partial charge in [0.25, 0.3) is 0 Å². The molecule has 8 heteroatoms. The maximum atomic E-state index is 5.96. The first-order valence-corrected chi connectivity index (χ1v) is 11.5. The Kier molecular flexibility index (Phi) is 11.1. The molecule has 0 unspecified atom stereocenters. The highest BCUT2D eigenvalue weighted by Crippen LogP contribution is 2.26. The molecule has 1 aromatic carbocycles. The molecule has 172 valence electrons. The van der Waals surface area contributed by atoms with Gasteiger partial charge in [-0.2, -0.15) is 0 Å². The van der Waals surface area contributed by atoms with Gasteiger partial charge in [0.15, 0.2) is 5.96 Å². The van der Waals surface area contributed by atoms with Gasteiger partial charge >= 0.3 is 0 Å². The van der Waals surface area contributed by atoms with Crippen molar-refractivity contribution in [1.29, 1.82) is 0 Å². The van der Waals surface area contributed by atoms with Crippen molar-refractivity contribution in [2.75, 3.05) is 53.0 Å². The number of morpholine rings is 1. The fraction of sp³-hybridized carbons (Fsp3) is 0.522. The first-order chi connectivity index (χ1) is 14.6. The first-order valence-electron chi connectivity index (χ1n) is 10.6. The summed E-state index contributed by atoms with van der Waals surface area (Å²) in [4.78, 5) is 8.11. The summed E-state index contributed by atoms with van der Waals surface area (Å²) in [5.41, 5.74) is 1.22. The average Bonchev–Trinajstić information content (AvgIpc) is 3.31. The fourth-order valence-corrected chi connectivity index (χ4v) is 4.18. The van der Waals surface area contributed by atoms with Gasteiger partial charge in [-0.3, -0.25) is 9.89 Å². The molecule has 2 heterocycles. The van der Waals surface area contributed by atoms with Crippen LogP contribution in [-0.2, 0) is 16.7 Å². The van der Waals surface area contributed by atoms with Crippen molar-refractivity contribution in [3.63, 3.8) is 0 Å². The zero-order chi connectivity index (χ0) is 21.2. The zero-order valence-corrected chi connectivity index (χ0v) is 21.9. The van der Waals surface area contributed by atoms with Crippen LogP contribution >= 0.6 is 35.3 Å². The third-order valence-electron chi connectivity index (χ3n) is 5.25. The summed E-state index contributed by atoms with van der Waals surface area (Å²) in [6.45, 7) is 11.2. The predicted molar refractivity (Wildman–Crippen MR) is 140 cm³/mol. The summed E-state index contributed by atoms with van der Waals surface area (Å²) < 4.78 is 11.3. The molecule has 6 nitrogen and oxygen atoms in total. The van der Waals surface area contributed by atoms with Gasteiger partial charge in [-0.25, -0.2) is 0 Å². The number of nitrogens with one attached hydrogen (secondary N) is 2. The summed E-state index contributed by atoms with van der Waals surface area (Å²) in [5, 5.41) is 8.98. The van der Waals surface area contributed by atoms with Crippen molar-refractivity contribution in [1.82, 2.24) is 15.5 Å². The Balaban J connectivity index is 0.00000341. The van der Waals surface area contributed by atoms with E-state index in [9.17, 15) is 0 Å². The summed E-state index contributed by atoms with van der Waals surface area (Å²) >= 11 is 1.79. The molecular formula is C23H35IN4O2S. The molecule has 0 radical (unpaired) electrons.